The summed E-state index contributed by atoms with van der Waals surface area (Å²) >= 11 is 1.74. The van der Waals surface area contributed by atoms with Crippen molar-refractivity contribution in [3.05, 3.63) is 0 Å². The van der Waals surface area contributed by atoms with Crippen LogP contribution in [0.1, 0.15) is 51.9 Å². The highest BCUT2D eigenvalue weighted by molar-refractivity contribution is 7.98. The van der Waals surface area contributed by atoms with Gasteiger partial charge in [0.1, 0.15) is 0 Å². The molecule has 18 heavy (non-hydrogen) atoms. The SMILES string of the molecule is CSCC[C@@H](N)C(=O)N[C@H](C)C1CCCCCC1. The first-order chi connectivity index (χ1) is 8.65. The fourth-order valence-electron chi connectivity index (χ4n) is 2.64. The number of rotatable bonds is 6. The van der Waals surface area contributed by atoms with Crippen LogP contribution < -0.4 is 11.1 Å². The smallest absolute Gasteiger partial charge is 0.237 e. The number of amides is 1. The van der Waals surface area contributed by atoms with Crippen LogP contribution >= 0.6 is 11.8 Å². The summed E-state index contributed by atoms with van der Waals surface area (Å²) in [5, 5.41) is 3.11. The van der Waals surface area contributed by atoms with Crippen molar-refractivity contribution in [2.45, 2.75) is 64.0 Å². The molecule has 1 amide bonds. The molecule has 1 rings (SSSR count). The van der Waals surface area contributed by atoms with Crippen LogP contribution in [0, 0.1) is 5.92 Å². The number of thioether (sulfide) groups is 1. The molecule has 0 spiro atoms. The summed E-state index contributed by atoms with van der Waals surface area (Å²) in [5.41, 5.74) is 5.89. The van der Waals surface area contributed by atoms with Crippen molar-refractivity contribution in [2.75, 3.05) is 12.0 Å². The predicted molar refractivity (Wildman–Crippen MR) is 79.8 cm³/mol. The van der Waals surface area contributed by atoms with Crippen LogP contribution in [0.4, 0.5) is 0 Å². The van der Waals surface area contributed by atoms with Gasteiger partial charge in [-0.2, -0.15) is 11.8 Å². The summed E-state index contributed by atoms with van der Waals surface area (Å²) in [7, 11) is 0. The number of carbonyl (C=O) groups excluding carboxylic acids is 1. The molecule has 1 fully saturated rings. The van der Waals surface area contributed by atoms with Gasteiger partial charge < -0.3 is 11.1 Å². The average molecular weight is 272 g/mol. The second-order valence-electron chi connectivity index (χ2n) is 5.44. The van der Waals surface area contributed by atoms with Crippen molar-refractivity contribution in [3.63, 3.8) is 0 Å². The van der Waals surface area contributed by atoms with Crippen molar-refractivity contribution in [3.8, 4) is 0 Å². The van der Waals surface area contributed by atoms with E-state index in [4.69, 9.17) is 5.73 Å². The lowest BCUT2D eigenvalue weighted by Gasteiger charge is -2.25. The van der Waals surface area contributed by atoms with Gasteiger partial charge in [-0.05, 0) is 44.1 Å². The zero-order valence-corrected chi connectivity index (χ0v) is 12.6. The Balaban J connectivity index is 2.32. The summed E-state index contributed by atoms with van der Waals surface area (Å²) in [6.07, 6.45) is 10.6. The quantitative estimate of drug-likeness (QED) is 0.731. The van der Waals surface area contributed by atoms with E-state index in [1.54, 1.807) is 11.8 Å². The zero-order valence-electron chi connectivity index (χ0n) is 11.8. The maximum atomic E-state index is 11.9. The molecule has 4 heteroatoms. The normalized spacial score (nSPS) is 21.1. The molecular weight excluding hydrogens is 244 g/mol. The summed E-state index contributed by atoms with van der Waals surface area (Å²) in [6.45, 7) is 2.13. The molecule has 1 aliphatic rings. The van der Waals surface area contributed by atoms with Crippen LogP contribution in [0.2, 0.25) is 0 Å². The molecule has 3 N–H and O–H groups in total. The molecule has 0 bridgehead atoms. The van der Waals surface area contributed by atoms with Crippen molar-refractivity contribution in [2.24, 2.45) is 11.7 Å². The van der Waals surface area contributed by atoms with E-state index in [0.29, 0.717) is 5.92 Å². The summed E-state index contributed by atoms with van der Waals surface area (Å²) in [6, 6.07) is -0.0680. The van der Waals surface area contributed by atoms with E-state index in [2.05, 4.69) is 12.2 Å². The van der Waals surface area contributed by atoms with Gasteiger partial charge in [-0.1, -0.05) is 25.7 Å². The summed E-state index contributed by atoms with van der Waals surface area (Å²) in [4.78, 5) is 11.9. The molecule has 0 heterocycles. The number of carbonyl (C=O) groups is 1. The lowest BCUT2D eigenvalue weighted by molar-refractivity contribution is -0.123. The third-order valence-electron chi connectivity index (χ3n) is 3.95. The van der Waals surface area contributed by atoms with Gasteiger partial charge in [0.15, 0.2) is 0 Å². The van der Waals surface area contributed by atoms with Crippen LogP contribution in [0.25, 0.3) is 0 Å². The Bertz CT molecular complexity index is 240. The monoisotopic (exact) mass is 272 g/mol. The first-order valence-corrected chi connectivity index (χ1v) is 8.59. The Kier molecular flexibility index (Phi) is 7.75. The lowest BCUT2D eigenvalue weighted by atomic mass is 9.93. The third-order valence-corrected chi connectivity index (χ3v) is 4.59. The van der Waals surface area contributed by atoms with E-state index in [0.717, 1.165) is 12.2 Å². The van der Waals surface area contributed by atoms with Gasteiger partial charge in [-0.3, -0.25) is 4.79 Å². The minimum Gasteiger partial charge on any atom is -0.352 e. The van der Waals surface area contributed by atoms with Crippen molar-refractivity contribution >= 4 is 17.7 Å². The Hall–Kier alpha value is -0.220. The maximum absolute atomic E-state index is 11.9. The molecular formula is C14H28N2OS. The van der Waals surface area contributed by atoms with E-state index >= 15 is 0 Å². The minimum absolute atomic E-state index is 0.0285. The summed E-state index contributed by atoms with van der Waals surface area (Å²) < 4.78 is 0. The van der Waals surface area contributed by atoms with Crippen molar-refractivity contribution < 1.29 is 4.79 Å². The van der Waals surface area contributed by atoms with E-state index < -0.39 is 0 Å². The van der Waals surface area contributed by atoms with Crippen LogP contribution in [0.15, 0.2) is 0 Å². The Morgan fingerprint density at radius 1 is 1.33 bits per heavy atom. The topological polar surface area (TPSA) is 55.1 Å². The molecule has 1 aliphatic carbocycles. The molecule has 0 radical (unpaired) electrons. The maximum Gasteiger partial charge on any atom is 0.237 e. The molecule has 0 aromatic heterocycles. The van der Waals surface area contributed by atoms with E-state index in [1.807, 2.05) is 6.26 Å². The van der Waals surface area contributed by atoms with Gasteiger partial charge >= 0.3 is 0 Å². The number of hydrogen-bond donors (Lipinski definition) is 2. The fraction of sp³-hybridized carbons (Fsp3) is 0.929. The van der Waals surface area contributed by atoms with Gasteiger partial charge in [-0.15, -0.1) is 0 Å². The largest absolute Gasteiger partial charge is 0.352 e. The minimum atomic E-state index is -0.342. The van der Waals surface area contributed by atoms with Gasteiger partial charge in [0.05, 0.1) is 6.04 Å². The van der Waals surface area contributed by atoms with Crippen molar-refractivity contribution in [1.29, 1.82) is 0 Å². The molecule has 0 saturated heterocycles. The zero-order chi connectivity index (χ0) is 13.4. The second kappa shape index (κ2) is 8.81. The molecule has 106 valence electrons. The molecule has 1 saturated carbocycles. The average Bonchev–Trinajstić information content (AvgIpc) is 2.64. The van der Waals surface area contributed by atoms with E-state index in [1.165, 1.54) is 38.5 Å². The predicted octanol–water partition coefficient (Wildman–Crippen LogP) is 2.54. The van der Waals surface area contributed by atoms with Gasteiger partial charge in [-0.25, -0.2) is 0 Å². The Labute approximate surface area is 116 Å². The highest BCUT2D eigenvalue weighted by Gasteiger charge is 2.22. The van der Waals surface area contributed by atoms with E-state index in [-0.39, 0.29) is 18.0 Å². The molecule has 2 atom stereocenters. The number of nitrogens with one attached hydrogen (secondary N) is 1. The lowest BCUT2D eigenvalue weighted by Crippen LogP contribution is -2.47. The van der Waals surface area contributed by atoms with Gasteiger partial charge in [0, 0.05) is 6.04 Å². The first-order valence-electron chi connectivity index (χ1n) is 7.20. The summed E-state index contributed by atoms with van der Waals surface area (Å²) in [5.74, 6) is 1.62. The first kappa shape index (κ1) is 15.8. The number of hydrogen-bond acceptors (Lipinski definition) is 3. The fourth-order valence-corrected chi connectivity index (χ4v) is 3.13. The molecule has 0 aliphatic heterocycles. The Morgan fingerprint density at radius 2 is 1.94 bits per heavy atom. The van der Waals surface area contributed by atoms with Gasteiger partial charge in [0.2, 0.25) is 5.91 Å². The molecule has 3 nitrogen and oxygen atoms in total. The highest BCUT2D eigenvalue weighted by atomic mass is 32.2. The van der Waals surface area contributed by atoms with Crippen LogP contribution in [-0.2, 0) is 4.79 Å². The number of nitrogens with two attached hydrogens (primary N) is 1. The standard InChI is InChI=1S/C14H28N2OS/c1-11(12-7-5-3-4-6-8-12)16-14(17)13(15)9-10-18-2/h11-13H,3-10,15H2,1-2H3,(H,16,17)/t11-,13-/m1/s1. The Morgan fingerprint density at radius 3 is 2.50 bits per heavy atom. The third kappa shape index (κ3) is 5.61. The highest BCUT2D eigenvalue weighted by Crippen LogP contribution is 2.25. The van der Waals surface area contributed by atoms with Crippen LogP contribution in [0.3, 0.4) is 0 Å². The molecule has 0 unspecified atom stereocenters. The van der Waals surface area contributed by atoms with E-state index in [9.17, 15) is 4.79 Å². The van der Waals surface area contributed by atoms with Gasteiger partial charge in [0.25, 0.3) is 0 Å². The van der Waals surface area contributed by atoms with Crippen molar-refractivity contribution in [1.82, 2.24) is 5.32 Å². The van der Waals surface area contributed by atoms with Crippen LogP contribution in [0.5, 0.6) is 0 Å². The molecule has 0 aromatic rings. The molecule has 0 aromatic carbocycles. The van der Waals surface area contributed by atoms with Crippen LogP contribution in [-0.4, -0.2) is 30.0 Å². The second-order valence-corrected chi connectivity index (χ2v) is 6.42.